The van der Waals surface area contributed by atoms with E-state index in [1.54, 1.807) is 0 Å². The molecule has 0 bridgehead atoms. The summed E-state index contributed by atoms with van der Waals surface area (Å²) < 4.78 is 2.15. The fourth-order valence-electron chi connectivity index (χ4n) is 2.43. The monoisotopic (exact) mass is 278 g/mol. The van der Waals surface area contributed by atoms with Gasteiger partial charge in [-0.15, -0.1) is 0 Å². The zero-order valence-electron chi connectivity index (χ0n) is 11.0. The minimum atomic E-state index is 0.135. The van der Waals surface area contributed by atoms with Gasteiger partial charge in [-0.05, 0) is 6.07 Å². The number of rotatable bonds is 3. The highest BCUT2D eigenvalue weighted by Crippen LogP contribution is 2.02. The van der Waals surface area contributed by atoms with Crippen molar-refractivity contribution < 1.29 is 4.48 Å². The van der Waals surface area contributed by atoms with Crippen LogP contribution in [0.5, 0.6) is 0 Å². The molecule has 0 N–H and O–H groups in total. The second kappa shape index (κ2) is 5.93. The third kappa shape index (κ3) is 2.76. The van der Waals surface area contributed by atoms with Crippen LogP contribution in [0.3, 0.4) is 0 Å². The first kappa shape index (κ1) is 13.0. The normalized spacial score (nSPS) is 10.2. The van der Waals surface area contributed by atoms with E-state index in [2.05, 4.69) is 59.2 Å². The molecule has 0 atom stereocenters. The molecule has 3 heteroatoms. The van der Waals surface area contributed by atoms with Crippen LogP contribution in [0, 0.1) is 0 Å². The Morgan fingerprint density at radius 1 is 0.700 bits per heavy atom. The molecule has 2 aromatic carbocycles. The van der Waals surface area contributed by atoms with Gasteiger partial charge in [-0.3, -0.25) is 4.48 Å². The summed E-state index contributed by atoms with van der Waals surface area (Å²) in [4.78, 5) is 0. The SMILES string of the molecule is Clc1ccc[n+](B(c2ccccc2)c2ccccc2)c1. The molecule has 0 spiro atoms. The quantitative estimate of drug-likeness (QED) is 0.647. The molecule has 20 heavy (non-hydrogen) atoms. The number of aromatic nitrogens is 1. The van der Waals surface area contributed by atoms with E-state index in [1.165, 1.54) is 10.9 Å². The molecule has 0 saturated heterocycles. The van der Waals surface area contributed by atoms with E-state index in [0.29, 0.717) is 0 Å². The number of halogens is 1. The Morgan fingerprint density at radius 2 is 1.25 bits per heavy atom. The maximum absolute atomic E-state index is 6.14. The van der Waals surface area contributed by atoms with Crippen LogP contribution in [-0.2, 0) is 0 Å². The Morgan fingerprint density at radius 3 is 1.75 bits per heavy atom. The van der Waals surface area contributed by atoms with Crippen LogP contribution in [-0.4, -0.2) is 6.85 Å². The van der Waals surface area contributed by atoms with Crippen LogP contribution in [0.4, 0.5) is 0 Å². The van der Waals surface area contributed by atoms with E-state index < -0.39 is 0 Å². The molecule has 0 saturated carbocycles. The van der Waals surface area contributed by atoms with E-state index >= 15 is 0 Å². The van der Waals surface area contributed by atoms with Gasteiger partial charge in [0.05, 0.1) is 0 Å². The fraction of sp³-hybridized carbons (Fsp3) is 0. The van der Waals surface area contributed by atoms with Crippen molar-refractivity contribution >= 4 is 29.4 Å². The summed E-state index contributed by atoms with van der Waals surface area (Å²) in [6.45, 7) is 0.135. The first-order chi connectivity index (χ1) is 9.84. The molecule has 96 valence electrons. The van der Waals surface area contributed by atoms with E-state index in [-0.39, 0.29) is 6.85 Å². The Hall–Kier alpha value is -2.06. The Kier molecular flexibility index (Phi) is 3.84. The lowest BCUT2D eigenvalue weighted by Crippen LogP contribution is -2.65. The lowest BCUT2D eigenvalue weighted by atomic mass is 9.50. The predicted octanol–water partition coefficient (Wildman–Crippen LogP) is 2.28. The number of hydrogen-bond donors (Lipinski definition) is 0. The van der Waals surface area contributed by atoms with Crippen LogP contribution in [0.15, 0.2) is 85.2 Å². The molecule has 0 unspecified atom stereocenters. The largest absolute Gasteiger partial charge is 0.558 e. The minimum absolute atomic E-state index is 0.135. The van der Waals surface area contributed by atoms with Gasteiger partial charge >= 0.3 is 6.85 Å². The van der Waals surface area contributed by atoms with Gasteiger partial charge in [0.15, 0.2) is 6.20 Å². The number of nitrogens with zero attached hydrogens (tertiary/aromatic N) is 1. The predicted molar refractivity (Wildman–Crippen MR) is 85.0 cm³/mol. The van der Waals surface area contributed by atoms with Crippen LogP contribution < -0.4 is 15.4 Å². The van der Waals surface area contributed by atoms with Gasteiger partial charge in [0.1, 0.15) is 11.2 Å². The highest BCUT2D eigenvalue weighted by Gasteiger charge is 2.33. The molecular formula is C17H14BClN+. The Bertz CT molecular complexity index is 646. The van der Waals surface area contributed by atoms with Gasteiger partial charge in [0.25, 0.3) is 0 Å². The summed E-state index contributed by atoms with van der Waals surface area (Å²) in [5, 5.41) is 0.740. The Balaban J connectivity index is 2.14. The fourth-order valence-corrected chi connectivity index (χ4v) is 2.62. The molecule has 0 fully saturated rings. The molecule has 1 nitrogen and oxygen atoms in total. The van der Waals surface area contributed by atoms with E-state index in [9.17, 15) is 0 Å². The lowest BCUT2D eigenvalue weighted by Gasteiger charge is -2.08. The van der Waals surface area contributed by atoms with Crippen LogP contribution in [0.2, 0.25) is 5.02 Å². The molecule has 0 aliphatic carbocycles. The molecule has 3 aromatic rings. The van der Waals surface area contributed by atoms with Crippen molar-refractivity contribution in [3.63, 3.8) is 0 Å². The third-order valence-electron chi connectivity index (χ3n) is 3.31. The van der Waals surface area contributed by atoms with Gasteiger partial charge in [-0.2, -0.15) is 0 Å². The van der Waals surface area contributed by atoms with Crippen molar-refractivity contribution in [1.82, 2.24) is 0 Å². The number of pyridine rings is 1. The summed E-state index contributed by atoms with van der Waals surface area (Å²) in [7, 11) is 0. The van der Waals surface area contributed by atoms with Crippen LogP contribution in [0.25, 0.3) is 0 Å². The zero-order valence-corrected chi connectivity index (χ0v) is 11.7. The third-order valence-corrected chi connectivity index (χ3v) is 3.54. The van der Waals surface area contributed by atoms with Crippen molar-refractivity contribution in [2.24, 2.45) is 0 Å². The van der Waals surface area contributed by atoms with Gasteiger partial charge in [0, 0.05) is 17.0 Å². The summed E-state index contributed by atoms with van der Waals surface area (Å²) in [6, 6.07) is 24.8. The number of hydrogen-bond acceptors (Lipinski definition) is 0. The highest BCUT2D eigenvalue weighted by atomic mass is 35.5. The Labute approximate surface area is 124 Å². The average Bonchev–Trinajstić information content (AvgIpc) is 2.50. The zero-order chi connectivity index (χ0) is 13.8. The topological polar surface area (TPSA) is 3.88 Å². The lowest BCUT2D eigenvalue weighted by molar-refractivity contribution is -0.532. The van der Waals surface area contributed by atoms with Gasteiger partial charge in [0.2, 0.25) is 0 Å². The minimum Gasteiger partial charge on any atom is -0.281 e. The molecule has 0 aliphatic rings. The standard InChI is InChI=1S/C17H14BClN/c19-17-12-7-13-20(14-17)18(15-8-3-1-4-9-15)16-10-5-2-6-11-16/h1-14H/q+1. The van der Waals surface area contributed by atoms with Gasteiger partial charge in [-0.1, -0.05) is 72.3 Å². The van der Waals surface area contributed by atoms with Crippen LogP contribution >= 0.6 is 11.6 Å². The first-order valence-electron chi connectivity index (χ1n) is 6.61. The molecule has 1 heterocycles. The van der Waals surface area contributed by atoms with Gasteiger partial charge in [-0.25, -0.2) is 0 Å². The summed E-state index contributed by atoms with van der Waals surface area (Å²) in [5.41, 5.74) is 2.48. The van der Waals surface area contributed by atoms with E-state index in [1.807, 2.05) is 30.5 Å². The molecule has 0 aliphatic heterocycles. The van der Waals surface area contributed by atoms with Crippen LogP contribution in [0.1, 0.15) is 0 Å². The molecular weight excluding hydrogens is 264 g/mol. The maximum atomic E-state index is 6.14. The first-order valence-corrected chi connectivity index (χ1v) is 6.98. The summed E-state index contributed by atoms with van der Waals surface area (Å²) in [5.74, 6) is 0. The smallest absolute Gasteiger partial charge is 0.281 e. The van der Waals surface area contributed by atoms with E-state index in [4.69, 9.17) is 11.6 Å². The van der Waals surface area contributed by atoms with Crippen molar-refractivity contribution in [3.8, 4) is 0 Å². The van der Waals surface area contributed by atoms with Gasteiger partial charge < -0.3 is 0 Å². The molecule has 0 amide bonds. The van der Waals surface area contributed by atoms with Crippen molar-refractivity contribution in [3.05, 3.63) is 90.2 Å². The highest BCUT2D eigenvalue weighted by molar-refractivity contribution is 6.78. The maximum Gasteiger partial charge on any atom is 0.558 e. The average molecular weight is 279 g/mol. The van der Waals surface area contributed by atoms with Crippen molar-refractivity contribution in [1.29, 1.82) is 0 Å². The number of benzene rings is 2. The second-order valence-corrected chi connectivity index (χ2v) is 5.13. The summed E-state index contributed by atoms with van der Waals surface area (Å²) >= 11 is 6.14. The second-order valence-electron chi connectivity index (χ2n) is 4.69. The molecule has 0 radical (unpaired) electrons. The summed E-state index contributed by atoms with van der Waals surface area (Å²) in [6.07, 6.45) is 4.02. The van der Waals surface area contributed by atoms with E-state index in [0.717, 1.165) is 5.02 Å². The molecule has 3 rings (SSSR count). The molecule has 1 aromatic heterocycles. The van der Waals surface area contributed by atoms with Crippen molar-refractivity contribution in [2.45, 2.75) is 0 Å². The van der Waals surface area contributed by atoms with Crippen molar-refractivity contribution in [2.75, 3.05) is 0 Å².